The van der Waals surface area contributed by atoms with Gasteiger partial charge >= 0.3 is 29.6 Å². The first-order chi connectivity index (χ1) is 9.24. The number of phenols is 1. The molecule has 110 valence electrons. The van der Waals surface area contributed by atoms with Crippen LogP contribution in [0.25, 0.3) is 0 Å². The summed E-state index contributed by atoms with van der Waals surface area (Å²) < 4.78 is 0. The van der Waals surface area contributed by atoms with Crippen LogP contribution in [0.15, 0.2) is 12.1 Å². The Morgan fingerprint density at radius 3 is 1.80 bits per heavy atom. The van der Waals surface area contributed by atoms with Crippen LogP contribution in [0, 0.1) is 0 Å². The minimum absolute atomic E-state index is 0. The van der Waals surface area contributed by atoms with Crippen molar-refractivity contribution < 1.29 is 5.11 Å². The monoisotopic (exact) mass is 286 g/mol. The number of hydrogen-bond donors (Lipinski definition) is 1. The summed E-state index contributed by atoms with van der Waals surface area (Å²) in [6.45, 7) is 6.69. The predicted octanol–water partition coefficient (Wildman–Crippen LogP) is 4.77. The molecule has 0 aliphatic rings. The van der Waals surface area contributed by atoms with E-state index in [1.807, 2.05) is 6.07 Å². The number of unbranched alkanes of at least 4 members (excludes halogenated alkanes) is 3. The van der Waals surface area contributed by atoms with Crippen LogP contribution in [-0.2, 0) is 19.3 Å². The fourth-order valence-electron chi connectivity index (χ4n) is 2.63. The summed E-state index contributed by atoms with van der Waals surface area (Å²) in [5.74, 6) is 0.514. The summed E-state index contributed by atoms with van der Waals surface area (Å²) in [7, 11) is 0. The molecule has 1 rings (SSSR count). The zero-order valence-corrected chi connectivity index (χ0v) is 13.0. The predicted molar refractivity (Wildman–Crippen MR) is 91.1 cm³/mol. The summed E-state index contributed by atoms with van der Waals surface area (Å²) >= 11 is 0. The van der Waals surface area contributed by atoms with E-state index in [1.54, 1.807) is 0 Å². The van der Waals surface area contributed by atoms with E-state index < -0.39 is 0 Å². The van der Waals surface area contributed by atoms with Crippen molar-refractivity contribution in [2.24, 2.45) is 0 Å². The standard InChI is InChI=1S/C18H30O.Na.H/c1-4-7-10-15-13-14-18(19)17(12-9-6-3)16(15)11-8-5-2;;/h13-14,19H,4-12H2,1-3H3;;. The fraction of sp³-hybridized carbons (Fsp3) is 0.667. The molecule has 0 saturated carbocycles. The van der Waals surface area contributed by atoms with Gasteiger partial charge in [-0.25, -0.2) is 0 Å². The minimum atomic E-state index is 0. The van der Waals surface area contributed by atoms with Crippen molar-refractivity contribution in [1.29, 1.82) is 0 Å². The van der Waals surface area contributed by atoms with Crippen molar-refractivity contribution in [3.63, 3.8) is 0 Å². The first-order valence-electron chi connectivity index (χ1n) is 8.07. The van der Waals surface area contributed by atoms with Crippen molar-refractivity contribution >= 4 is 29.6 Å². The van der Waals surface area contributed by atoms with E-state index in [4.69, 9.17) is 0 Å². The quantitative estimate of drug-likeness (QED) is 0.648. The van der Waals surface area contributed by atoms with Gasteiger partial charge in [0.05, 0.1) is 0 Å². The third kappa shape index (κ3) is 6.20. The number of phenolic OH excluding ortho intramolecular Hbond substituents is 1. The topological polar surface area (TPSA) is 20.2 Å². The number of rotatable bonds is 9. The molecule has 0 amide bonds. The van der Waals surface area contributed by atoms with E-state index in [1.165, 1.54) is 55.2 Å². The maximum absolute atomic E-state index is 10.2. The average molecular weight is 286 g/mol. The zero-order chi connectivity index (χ0) is 14.1. The molecule has 0 fully saturated rings. The Morgan fingerprint density at radius 1 is 0.750 bits per heavy atom. The molecule has 0 aliphatic heterocycles. The van der Waals surface area contributed by atoms with Gasteiger partial charge in [-0.1, -0.05) is 46.1 Å². The van der Waals surface area contributed by atoms with Crippen LogP contribution in [0.2, 0.25) is 0 Å². The van der Waals surface area contributed by atoms with Crippen molar-refractivity contribution in [2.75, 3.05) is 0 Å². The Hall–Kier alpha value is 0.0200. The molecule has 20 heavy (non-hydrogen) atoms. The first-order valence-corrected chi connectivity index (χ1v) is 8.07. The fourth-order valence-corrected chi connectivity index (χ4v) is 2.63. The molecule has 2 heteroatoms. The molecule has 0 bridgehead atoms. The van der Waals surface area contributed by atoms with Gasteiger partial charge in [0, 0.05) is 0 Å². The molecular weight excluding hydrogens is 255 g/mol. The van der Waals surface area contributed by atoms with E-state index in [9.17, 15) is 5.11 Å². The van der Waals surface area contributed by atoms with Gasteiger partial charge in [-0.2, -0.15) is 0 Å². The van der Waals surface area contributed by atoms with Gasteiger partial charge in [-0.3, -0.25) is 0 Å². The van der Waals surface area contributed by atoms with Crippen molar-refractivity contribution in [3.05, 3.63) is 28.8 Å². The van der Waals surface area contributed by atoms with Gasteiger partial charge in [0.2, 0.25) is 0 Å². The van der Waals surface area contributed by atoms with E-state index in [2.05, 4.69) is 26.8 Å². The third-order valence-corrected chi connectivity index (χ3v) is 3.86. The summed E-state index contributed by atoms with van der Waals surface area (Å²) in [6, 6.07) is 4.05. The van der Waals surface area contributed by atoms with E-state index in [0.29, 0.717) is 5.75 Å². The molecule has 1 aromatic carbocycles. The van der Waals surface area contributed by atoms with Crippen LogP contribution in [0.4, 0.5) is 0 Å². The van der Waals surface area contributed by atoms with Crippen LogP contribution < -0.4 is 0 Å². The molecule has 0 unspecified atom stereocenters. The van der Waals surface area contributed by atoms with Crippen LogP contribution in [0.5, 0.6) is 5.75 Å². The Kier molecular flexibility index (Phi) is 11.7. The van der Waals surface area contributed by atoms with Gasteiger partial charge in [0.15, 0.2) is 0 Å². The van der Waals surface area contributed by atoms with E-state index >= 15 is 0 Å². The number of aryl methyl sites for hydroxylation is 1. The van der Waals surface area contributed by atoms with E-state index in [-0.39, 0.29) is 29.6 Å². The maximum atomic E-state index is 10.2. The summed E-state index contributed by atoms with van der Waals surface area (Å²) in [5.41, 5.74) is 4.15. The van der Waals surface area contributed by atoms with Gasteiger partial charge in [-0.05, 0) is 61.3 Å². The van der Waals surface area contributed by atoms with Crippen LogP contribution in [-0.4, -0.2) is 34.7 Å². The summed E-state index contributed by atoms with van der Waals surface area (Å²) in [5, 5.41) is 10.2. The van der Waals surface area contributed by atoms with Crippen molar-refractivity contribution in [3.8, 4) is 5.75 Å². The van der Waals surface area contributed by atoms with Gasteiger partial charge in [-0.15, -0.1) is 0 Å². The first kappa shape index (κ1) is 20.0. The molecular formula is C18H31NaO. The van der Waals surface area contributed by atoms with Crippen LogP contribution in [0.1, 0.15) is 76.0 Å². The van der Waals surface area contributed by atoms with Gasteiger partial charge < -0.3 is 5.11 Å². The number of hydrogen-bond acceptors (Lipinski definition) is 1. The molecule has 0 saturated heterocycles. The molecule has 0 heterocycles. The molecule has 1 nitrogen and oxygen atoms in total. The summed E-state index contributed by atoms with van der Waals surface area (Å²) in [6.07, 6.45) is 10.6. The Labute approximate surface area is 147 Å². The second-order valence-electron chi connectivity index (χ2n) is 5.51. The molecule has 0 aliphatic carbocycles. The third-order valence-electron chi connectivity index (χ3n) is 3.86. The van der Waals surface area contributed by atoms with Gasteiger partial charge in [0.1, 0.15) is 5.75 Å². The Bertz CT molecular complexity index is 374. The number of aromatic hydroxyl groups is 1. The van der Waals surface area contributed by atoms with Crippen molar-refractivity contribution in [1.82, 2.24) is 0 Å². The molecule has 0 atom stereocenters. The molecule has 0 radical (unpaired) electrons. The second kappa shape index (κ2) is 11.7. The van der Waals surface area contributed by atoms with Crippen LogP contribution >= 0.6 is 0 Å². The molecule has 0 aromatic heterocycles. The molecule has 0 spiro atoms. The average Bonchev–Trinajstić information content (AvgIpc) is 2.42. The molecule has 1 aromatic rings. The van der Waals surface area contributed by atoms with E-state index in [0.717, 1.165) is 19.3 Å². The zero-order valence-electron chi connectivity index (χ0n) is 13.0. The second-order valence-corrected chi connectivity index (χ2v) is 5.51. The normalized spacial score (nSPS) is 10.3. The van der Waals surface area contributed by atoms with Crippen LogP contribution in [0.3, 0.4) is 0 Å². The molecule has 1 N–H and O–H groups in total. The Morgan fingerprint density at radius 2 is 1.25 bits per heavy atom. The van der Waals surface area contributed by atoms with Crippen molar-refractivity contribution in [2.45, 2.75) is 78.6 Å². The number of benzene rings is 1. The Balaban J connectivity index is 0.00000361. The SMILES string of the molecule is CCCCc1ccc(O)c(CCCC)c1CCCC.[NaH]. The summed E-state index contributed by atoms with van der Waals surface area (Å²) in [4.78, 5) is 0. The van der Waals surface area contributed by atoms with Gasteiger partial charge in [0.25, 0.3) is 0 Å².